The molecule has 2 N–H and O–H groups in total. The molecule has 2 aromatic rings. The highest BCUT2D eigenvalue weighted by molar-refractivity contribution is 5.30. The van der Waals surface area contributed by atoms with Crippen LogP contribution in [-0.2, 0) is 12.0 Å². The van der Waals surface area contributed by atoms with Crippen LogP contribution in [0.25, 0.3) is 0 Å². The van der Waals surface area contributed by atoms with Crippen LogP contribution in [0.3, 0.4) is 0 Å². The van der Waals surface area contributed by atoms with Crippen LogP contribution in [0.1, 0.15) is 37.7 Å². The van der Waals surface area contributed by atoms with Crippen molar-refractivity contribution in [2.75, 3.05) is 0 Å². The molecular weight excluding hydrogens is 242 g/mol. The molecule has 0 fully saturated rings. The first-order valence-electron chi connectivity index (χ1n) is 6.20. The summed E-state index contributed by atoms with van der Waals surface area (Å²) in [6.07, 6.45) is 0. The number of aryl methyl sites for hydroxylation is 1. The standard InChI is InChI=1S/C14H19N3O2/c1-9-5-13(17-16-9)19-12-7-10(8-18)6-11(15-12)14(2,3)4/h5-7,18H,8H2,1-4H3,(H,16,17). The Bertz CT molecular complexity index is 570. The number of nitrogens with one attached hydrogen (secondary N) is 1. The van der Waals surface area contributed by atoms with E-state index < -0.39 is 0 Å². The van der Waals surface area contributed by atoms with Gasteiger partial charge in [-0.05, 0) is 18.6 Å². The van der Waals surface area contributed by atoms with E-state index in [0.717, 1.165) is 17.0 Å². The first-order chi connectivity index (χ1) is 8.88. The lowest BCUT2D eigenvalue weighted by molar-refractivity contribution is 0.280. The zero-order chi connectivity index (χ0) is 14.0. The molecule has 0 aromatic carbocycles. The van der Waals surface area contributed by atoms with Crippen molar-refractivity contribution in [3.05, 3.63) is 35.2 Å². The van der Waals surface area contributed by atoms with Gasteiger partial charge in [-0.25, -0.2) is 4.98 Å². The number of aromatic amines is 1. The smallest absolute Gasteiger partial charge is 0.240 e. The Kier molecular flexibility index (Phi) is 3.57. The Hall–Kier alpha value is -1.88. The Labute approximate surface area is 112 Å². The molecule has 0 radical (unpaired) electrons. The van der Waals surface area contributed by atoms with Crippen molar-refractivity contribution >= 4 is 0 Å². The van der Waals surface area contributed by atoms with Gasteiger partial charge in [-0.2, -0.15) is 0 Å². The summed E-state index contributed by atoms with van der Waals surface area (Å²) in [5, 5.41) is 16.1. The Morgan fingerprint density at radius 3 is 2.47 bits per heavy atom. The number of nitrogens with zero attached hydrogens (tertiary/aromatic N) is 2. The van der Waals surface area contributed by atoms with Gasteiger partial charge >= 0.3 is 0 Å². The second kappa shape index (κ2) is 5.01. The molecule has 5 heteroatoms. The topological polar surface area (TPSA) is 71.0 Å². The molecule has 102 valence electrons. The number of aliphatic hydroxyl groups is 1. The molecular formula is C14H19N3O2. The second-order valence-corrected chi connectivity index (χ2v) is 5.60. The lowest BCUT2D eigenvalue weighted by atomic mass is 9.91. The third kappa shape index (κ3) is 3.32. The van der Waals surface area contributed by atoms with Gasteiger partial charge in [0.05, 0.1) is 12.3 Å². The monoisotopic (exact) mass is 261 g/mol. The van der Waals surface area contributed by atoms with E-state index in [1.54, 1.807) is 12.1 Å². The molecule has 5 nitrogen and oxygen atoms in total. The van der Waals surface area contributed by atoms with E-state index in [1.807, 2.05) is 13.0 Å². The number of hydrogen-bond donors (Lipinski definition) is 2. The SMILES string of the molecule is Cc1cc(Oc2cc(CO)cc(C(C)(C)C)n2)n[nH]1. The highest BCUT2D eigenvalue weighted by Crippen LogP contribution is 2.26. The number of H-pyrrole nitrogens is 1. The summed E-state index contributed by atoms with van der Waals surface area (Å²) in [6.45, 7) is 8.07. The quantitative estimate of drug-likeness (QED) is 0.891. The fourth-order valence-electron chi connectivity index (χ4n) is 1.64. The van der Waals surface area contributed by atoms with E-state index in [-0.39, 0.29) is 12.0 Å². The summed E-state index contributed by atoms with van der Waals surface area (Å²) in [5.41, 5.74) is 2.47. The van der Waals surface area contributed by atoms with E-state index in [9.17, 15) is 5.11 Å². The summed E-state index contributed by atoms with van der Waals surface area (Å²) in [4.78, 5) is 4.47. The number of rotatable bonds is 3. The van der Waals surface area contributed by atoms with Crippen molar-refractivity contribution in [3.63, 3.8) is 0 Å². The lowest BCUT2D eigenvalue weighted by Gasteiger charge is -2.19. The molecule has 0 saturated heterocycles. The predicted octanol–water partition coefficient (Wildman–Crippen LogP) is 2.70. The molecule has 0 unspecified atom stereocenters. The minimum atomic E-state index is -0.106. The fraction of sp³-hybridized carbons (Fsp3) is 0.429. The highest BCUT2D eigenvalue weighted by atomic mass is 16.5. The molecule has 0 amide bonds. The van der Waals surface area contributed by atoms with Gasteiger partial charge < -0.3 is 9.84 Å². The van der Waals surface area contributed by atoms with E-state index in [0.29, 0.717) is 11.8 Å². The molecule has 0 aliphatic carbocycles. The van der Waals surface area contributed by atoms with Gasteiger partial charge in [0, 0.05) is 23.2 Å². The molecule has 0 atom stereocenters. The zero-order valence-electron chi connectivity index (χ0n) is 11.7. The van der Waals surface area contributed by atoms with Gasteiger partial charge in [0.25, 0.3) is 0 Å². The van der Waals surface area contributed by atoms with Gasteiger partial charge in [0.1, 0.15) is 0 Å². The predicted molar refractivity (Wildman–Crippen MR) is 72.3 cm³/mol. The molecule has 0 bridgehead atoms. The normalized spacial score (nSPS) is 11.6. The maximum atomic E-state index is 9.32. The molecule has 2 aromatic heterocycles. The molecule has 2 heterocycles. The maximum Gasteiger partial charge on any atom is 0.240 e. The van der Waals surface area contributed by atoms with Crippen molar-refractivity contribution < 1.29 is 9.84 Å². The summed E-state index contributed by atoms with van der Waals surface area (Å²) in [7, 11) is 0. The van der Waals surface area contributed by atoms with E-state index in [4.69, 9.17) is 4.74 Å². The first-order valence-corrected chi connectivity index (χ1v) is 6.20. The summed E-state index contributed by atoms with van der Waals surface area (Å²) < 4.78 is 5.61. The maximum absolute atomic E-state index is 9.32. The first kappa shape index (κ1) is 13.5. The van der Waals surface area contributed by atoms with Crippen LogP contribution in [0.5, 0.6) is 11.8 Å². The van der Waals surface area contributed by atoms with Crippen molar-refractivity contribution in [2.24, 2.45) is 0 Å². The second-order valence-electron chi connectivity index (χ2n) is 5.60. The average molecular weight is 261 g/mol. The van der Waals surface area contributed by atoms with Crippen LogP contribution in [0.2, 0.25) is 0 Å². The highest BCUT2D eigenvalue weighted by Gasteiger charge is 2.18. The molecule has 0 saturated carbocycles. The number of aromatic nitrogens is 3. The van der Waals surface area contributed by atoms with Gasteiger partial charge in [0.2, 0.25) is 11.8 Å². The van der Waals surface area contributed by atoms with Crippen molar-refractivity contribution in [1.82, 2.24) is 15.2 Å². The lowest BCUT2D eigenvalue weighted by Crippen LogP contribution is -2.14. The molecule has 0 aliphatic heterocycles. The van der Waals surface area contributed by atoms with E-state index in [1.165, 1.54) is 0 Å². The summed E-state index contributed by atoms with van der Waals surface area (Å²) in [6, 6.07) is 5.41. The Morgan fingerprint density at radius 2 is 1.95 bits per heavy atom. The van der Waals surface area contributed by atoms with Gasteiger partial charge in [-0.3, -0.25) is 5.10 Å². The zero-order valence-corrected chi connectivity index (χ0v) is 11.7. The Morgan fingerprint density at radius 1 is 1.21 bits per heavy atom. The molecule has 0 spiro atoms. The largest absolute Gasteiger partial charge is 0.419 e. The summed E-state index contributed by atoms with van der Waals surface area (Å²) >= 11 is 0. The van der Waals surface area contributed by atoms with Crippen molar-refractivity contribution in [3.8, 4) is 11.8 Å². The number of ether oxygens (including phenoxy) is 1. The van der Waals surface area contributed by atoms with Crippen LogP contribution < -0.4 is 4.74 Å². The van der Waals surface area contributed by atoms with Crippen molar-refractivity contribution in [1.29, 1.82) is 0 Å². The Balaban J connectivity index is 2.34. The van der Waals surface area contributed by atoms with Crippen LogP contribution in [-0.4, -0.2) is 20.3 Å². The molecule has 19 heavy (non-hydrogen) atoms. The third-order valence-corrected chi connectivity index (χ3v) is 2.70. The van der Waals surface area contributed by atoms with Crippen LogP contribution in [0, 0.1) is 6.92 Å². The van der Waals surface area contributed by atoms with Crippen LogP contribution in [0.15, 0.2) is 18.2 Å². The van der Waals surface area contributed by atoms with Gasteiger partial charge in [-0.15, -0.1) is 5.10 Å². The molecule has 0 aliphatic rings. The van der Waals surface area contributed by atoms with Gasteiger partial charge in [0.15, 0.2) is 0 Å². The van der Waals surface area contributed by atoms with E-state index in [2.05, 4.69) is 36.0 Å². The van der Waals surface area contributed by atoms with E-state index >= 15 is 0 Å². The minimum absolute atomic E-state index is 0.0401. The number of pyridine rings is 1. The number of aliphatic hydroxyl groups excluding tert-OH is 1. The summed E-state index contributed by atoms with van der Waals surface area (Å²) in [5.74, 6) is 0.919. The fourth-order valence-corrected chi connectivity index (χ4v) is 1.64. The number of hydrogen-bond acceptors (Lipinski definition) is 4. The minimum Gasteiger partial charge on any atom is -0.419 e. The average Bonchev–Trinajstić information content (AvgIpc) is 2.73. The van der Waals surface area contributed by atoms with Crippen LogP contribution in [0.4, 0.5) is 0 Å². The van der Waals surface area contributed by atoms with Gasteiger partial charge in [-0.1, -0.05) is 20.8 Å². The molecule has 2 rings (SSSR count). The van der Waals surface area contributed by atoms with Crippen molar-refractivity contribution in [2.45, 2.75) is 39.7 Å². The third-order valence-electron chi connectivity index (χ3n) is 2.70. The van der Waals surface area contributed by atoms with Crippen LogP contribution >= 0.6 is 0 Å².